The summed E-state index contributed by atoms with van der Waals surface area (Å²) in [5, 5.41) is 10.8. The highest BCUT2D eigenvalue weighted by molar-refractivity contribution is 6.02. The lowest BCUT2D eigenvalue weighted by Crippen LogP contribution is -2.10. The minimum atomic E-state index is -0.495. The van der Waals surface area contributed by atoms with Crippen LogP contribution in [-0.4, -0.2) is 33.4 Å². The molecular weight excluding hydrogens is 396 g/mol. The van der Waals surface area contributed by atoms with E-state index in [0.29, 0.717) is 11.4 Å². The van der Waals surface area contributed by atoms with Crippen LogP contribution >= 0.6 is 0 Å². The van der Waals surface area contributed by atoms with Gasteiger partial charge in [-0.3, -0.25) is 4.79 Å². The van der Waals surface area contributed by atoms with Crippen LogP contribution in [0.3, 0.4) is 0 Å². The maximum atomic E-state index is 12.3. The van der Waals surface area contributed by atoms with E-state index >= 15 is 0 Å². The minimum Gasteiger partial charge on any atom is -0.461 e. The molecule has 0 fully saturated rings. The van der Waals surface area contributed by atoms with E-state index in [-0.39, 0.29) is 18.1 Å². The Hall–Kier alpha value is -4.20. The Morgan fingerprint density at radius 3 is 2.68 bits per heavy atom. The van der Waals surface area contributed by atoms with Crippen molar-refractivity contribution in [3.63, 3.8) is 0 Å². The Labute approximate surface area is 178 Å². The third-order valence-electron chi connectivity index (χ3n) is 4.52. The zero-order valence-electron chi connectivity index (χ0n) is 17.0. The van der Waals surface area contributed by atoms with E-state index < -0.39 is 11.9 Å². The molecular formula is C23H20N4O4. The highest BCUT2D eigenvalue weighted by Crippen LogP contribution is 2.27. The first-order valence-electron chi connectivity index (χ1n) is 9.72. The highest BCUT2D eigenvalue weighted by Gasteiger charge is 2.18. The molecule has 1 N–H and O–H groups in total. The van der Waals surface area contributed by atoms with E-state index in [4.69, 9.17) is 9.26 Å². The molecule has 0 aliphatic heterocycles. The first-order valence-corrected chi connectivity index (χ1v) is 9.72. The number of aromatic nitrogens is 3. The van der Waals surface area contributed by atoms with Crippen molar-refractivity contribution in [2.75, 3.05) is 11.9 Å². The monoisotopic (exact) mass is 416 g/mol. The molecule has 0 spiro atoms. The number of benzene rings is 2. The SMILES string of the molecule is CCOC(=O)c1cc(-c2cccc(NC(=O)c3ccno3)c2)n(-c2cccc(C)c2)n1. The Bertz CT molecular complexity index is 1230. The number of nitrogens with zero attached hydrogens (tertiary/aromatic N) is 3. The van der Waals surface area contributed by atoms with Gasteiger partial charge in [-0.25, -0.2) is 9.48 Å². The van der Waals surface area contributed by atoms with Gasteiger partial charge < -0.3 is 14.6 Å². The van der Waals surface area contributed by atoms with Crippen LogP contribution in [0.25, 0.3) is 16.9 Å². The van der Waals surface area contributed by atoms with Gasteiger partial charge in [-0.1, -0.05) is 29.4 Å². The summed E-state index contributed by atoms with van der Waals surface area (Å²) in [6.07, 6.45) is 1.41. The average Bonchev–Trinajstić information content (AvgIpc) is 3.45. The molecule has 0 aliphatic carbocycles. The normalized spacial score (nSPS) is 10.6. The summed E-state index contributed by atoms with van der Waals surface area (Å²) in [6, 6.07) is 18.2. The van der Waals surface area contributed by atoms with Crippen LogP contribution in [0, 0.1) is 6.92 Å². The fourth-order valence-corrected chi connectivity index (χ4v) is 3.13. The fraction of sp³-hybridized carbons (Fsp3) is 0.130. The van der Waals surface area contributed by atoms with Gasteiger partial charge >= 0.3 is 5.97 Å². The number of amides is 1. The van der Waals surface area contributed by atoms with Crippen LogP contribution in [-0.2, 0) is 4.74 Å². The number of nitrogens with one attached hydrogen (secondary N) is 1. The number of carbonyl (C=O) groups excluding carboxylic acids is 2. The molecule has 0 bridgehead atoms. The molecule has 31 heavy (non-hydrogen) atoms. The molecule has 0 unspecified atom stereocenters. The molecule has 8 heteroatoms. The molecule has 4 rings (SSSR count). The van der Waals surface area contributed by atoms with Gasteiger partial charge in [-0.2, -0.15) is 5.10 Å². The number of carbonyl (C=O) groups is 2. The number of hydrogen-bond acceptors (Lipinski definition) is 6. The number of esters is 1. The second-order valence-corrected chi connectivity index (χ2v) is 6.80. The summed E-state index contributed by atoms with van der Waals surface area (Å²) in [6.45, 7) is 3.99. The quantitative estimate of drug-likeness (QED) is 0.472. The van der Waals surface area contributed by atoms with Crippen LogP contribution in [0.15, 0.2) is 71.4 Å². The summed E-state index contributed by atoms with van der Waals surface area (Å²) < 4.78 is 11.7. The molecule has 0 aliphatic rings. The summed E-state index contributed by atoms with van der Waals surface area (Å²) in [5.74, 6) is -0.793. The van der Waals surface area contributed by atoms with Crippen molar-refractivity contribution < 1.29 is 18.8 Å². The molecule has 2 aromatic carbocycles. The topological polar surface area (TPSA) is 99.2 Å². The average molecular weight is 416 g/mol. The fourth-order valence-electron chi connectivity index (χ4n) is 3.13. The number of ether oxygens (including phenoxy) is 1. The van der Waals surface area contributed by atoms with E-state index in [1.165, 1.54) is 12.3 Å². The predicted molar refractivity (Wildman–Crippen MR) is 114 cm³/mol. The molecule has 0 saturated carbocycles. The van der Waals surface area contributed by atoms with E-state index in [1.54, 1.807) is 29.8 Å². The Morgan fingerprint density at radius 1 is 1.10 bits per heavy atom. The molecule has 1 amide bonds. The lowest BCUT2D eigenvalue weighted by atomic mass is 10.1. The number of aryl methyl sites for hydroxylation is 1. The van der Waals surface area contributed by atoms with Crippen LogP contribution in [0.2, 0.25) is 0 Å². The molecule has 2 heterocycles. The lowest BCUT2D eigenvalue weighted by Gasteiger charge is -2.10. The van der Waals surface area contributed by atoms with Crippen molar-refractivity contribution in [1.82, 2.24) is 14.9 Å². The third-order valence-corrected chi connectivity index (χ3v) is 4.52. The maximum absolute atomic E-state index is 12.3. The standard InChI is InChI=1S/C23H20N4O4/c1-3-30-23(29)19-14-20(27(26-19)18-9-4-6-15(2)12-18)16-7-5-8-17(13-16)25-22(28)21-10-11-24-31-21/h4-14H,3H2,1-2H3,(H,25,28). The molecule has 8 nitrogen and oxygen atoms in total. The molecule has 156 valence electrons. The van der Waals surface area contributed by atoms with E-state index in [0.717, 1.165) is 16.8 Å². The summed E-state index contributed by atoms with van der Waals surface area (Å²) in [4.78, 5) is 24.6. The first kappa shape index (κ1) is 20.1. The van der Waals surface area contributed by atoms with Crippen molar-refractivity contribution in [1.29, 1.82) is 0 Å². The van der Waals surface area contributed by atoms with Crippen molar-refractivity contribution in [3.05, 3.63) is 83.9 Å². The van der Waals surface area contributed by atoms with Gasteiger partial charge in [0.15, 0.2) is 5.69 Å². The second-order valence-electron chi connectivity index (χ2n) is 6.80. The number of anilines is 1. The minimum absolute atomic E-state index is 0.111. The number of hydrogen-bond donors (Lipinski definition) is 1. The Balaban J connectivity index is 1.74. The van der Waals surface area contributed by atoms with Crippen molar-refractivity contribution >= 4 is 17.6 Å². The third kappa shape index (κ3) is 4.37. The molecule has 0 saturated heterocycles. The van der Waals surface area contributed by atoms with Gasteiger partial charge in [-0.15, -0.1) is 0 Å². The molecule has 4 aromatic rings. The van der Waals surface area contributed by atoms with Gasteiger partial charge in [0.2, 0.25) is 5.76 Å². The van der Waals surface area contributed by atoms with Gasteiger partial charge in [-0.05, 0) is 49.7 Å². The largest absolute Gasteiger partial charge is 0.461 e. The summed E-state index contributed by atoms with van der Waals surface area (Å²) in [7, 11) is 0. The van der Waals surface area contributed by atoms with E-state index in [9.17, 15) is 9.59 Å². The van der Waals surface area contributed by atoms with Crippen LogP contribution in [0.1, 0.15) is 33.5 Å². The first-order chi connectivity index (χ1) is 15.0. The van der Waals surface area contributed by atoms with Crippen LogP contribution in [0.4, 0.5) is 5.69 Å². The van der Waals surface area contributed by atoms with E-state index in [1.807, 2.05) is 43.3 Å². The Morgan fingerprint density at radius 2 is 1.94 bits per heavy atom. The summed E-state index contributed by atoms with van der Waals surface area (Å²) >= 11 is 0. The van der Waals surface area contributed by atoms with E-state index in [2.05, 4.69) is 15.6 Å². The molecule has 0 atom stereocenters. The molecule has 0 radical (unpaired) electrons. The molecule has 2 aromatic heterocycles. The van der Waals surface area contributed by atoms with Crippen molar-refractivity contribution in [2.24, 2.45) is 0 Å². The Kier molecular flexibility index (Phi) is 5.61. The van der Waals surface area contributed by atoms with Crippen LogP contribution in [0.5, 0.6) is 0 Å². The zero-order valence-corrected chi connectivity index (χ0v) is 17.0. The number of rotatable bonds is 6. The second kappa shape index (κ2) is 8.66. The zero-order chi connectivity index (χ0) is 21.8. The smallest absolute Gasteiger partial charge is 0.358 e. The lowest BCUT2D eigenvalue weighted by molar-refractivity contribution is 0.0519. The van der Waals surface area contributed by atoms with Gasteiger partial charge in [0, 0.05) is 17.3 Å². The predicted octanol–water partition coefficient (Wildman–Crippen LogP) is 4.26. The highest BCUT2D eigenvalue weighted by atomic mass is 16.5. The summed E-state index contributed by atoms with van der Waals surface area (Å²) in [5.41, 5.74) is 4.08. The van der Waals surface area contributed by atoms with Gasteiger partial charge in [0.05, 0.1) is 24.2 Å². The van der Waals surface area contributed by atoms with Crippen molar-refractivity contribution in [2.45, 2.75) is 13.8 Å². The van der Waals surface area contributed by atoms with Gasteiger partial charge in [0.1, 0.15) is 0 Å². The maximum Gasteiger partial charge on any atom is 0.358 e. The van der Waals surface area contributed by atoms with Crippen molar-refractivity contribution in [3.8, 4) is 16.9 Å². The van der Waals surface area contributed by atoms with Gasteiger partial charge in [0.25, 0.3) is 5.91 Å². The van der Waals surface area contributed by atoms with Crippen LogP contribution < -0.4 is 5.32 Å².